The molecule has 0 aliphatic carbocycles. The Morgan fingerprint density at radius 3 is 2.53 bits per heavy atom. The van der Waals surface area contributed by atoms with Crippen LogP contribution in [0.2, 0.25) is 0 Å². The third-order valence-electron chi connectivity index (χ3n) is 4.40. The van der Waals surface area contributed by atoms with Gasteiger partial charge in [0.15, 0.2) is 0 Å². The van der Waals surface area contributed by atoms with Gasteiger partial charge in [-0.15, -0.1) is 0 Å². The van der Waals surface area contributed by atoms with Crippen molar-refractivity contribution in [3.63, 3.8) is 0 Å². The summed E-state index contributed by atoms with van der Waals surface area (Å²) in [5, 5.41) is 14.6. The highest BCUT2D eigenvalue weighted by molar-refractivity contribution is 5.33. The normalized spacial score (nSPS) is 36.1. The standard InChI is InChI=1S/C15H21NO/c1-2-11-5-3-4-6-14(11)15(17)9-12-7-8-13(10-15)16-12/h3-6,12-13,16-17H,2,7-10H2,1H3. The van der Waals surface area contributed by atoms with Crippen molar-refractivity contribution in [3.8, 4) is 0 Å². The molecule has 2 heteroatoms. The van der Waals surface area contributed by atoms with E-state index in [0.717, 1.165) is 19.3 Å². The molecule has 2 nitrogen and oxygen atoms in total. The predicted octanol–water partition coefficient (Wildman–Crippen LogP) is 2.35. The average molecular weight is 231 g/mol. The van der Waals surface area contributed by atoms with Gasteiger partial charge < -0.3 is 10.4 Å². The van der Waals surface area contributed by atoms with Crippen LogP contribution in [-0.2, 0) is 12.0 Å². The van der Waals surface area contributed by atoms with E-state index in [0.29, 0.717) is 12.1 Å². The van der Waals surface area contributed by atoms with E-state index in [2.05, 4.69) is 36.5 Å². The number of aliphatic hydroxyl groups is 1. The van der Waals surface area contributed by atoms with Crippen LogP contribution in [0.4, 0.5) is 0 Å². The largest absolute Gasteiger partial charge is 0.385 e. The Balaban J connectivity index is 1.96. The molecule has 0 spiro atoms. The average Bonchev–Trinajstić information content (AvgIpc) is 2.69. The van der Waals surface area contributed by atoms with Gasteiger partial charge in [0.2, 0.25) is 0 Å². The van der Waals surface area contributed by atoms with E-state index in [4.69, 9.17) is 0 Å². The number of hydrogen-bond donors (Lipinski definition) is 2. The summed E-state index contributed by atoms with van der Waals surface area (Å²) in [5.41, 5.74) is 1.88. The summed E-state index contributed by atoms with van der Waals surface area (Å²) < 4.78 is 0. The fourth-order valence-corrected chi connectivity index (χ4v) is 3.63. The summed E-state index contributed by atoms with van der Waals surface area (Å²) in [6, 6.07) is 9.42. The van der Waals surface area contributed by atoms with E-state index >= 15 is 0 Å². The van der Waals surface area contributed by atoms with Crippen molar-refractivity contribution in [1.29, 1.82) is 0 Å². The quantitative estimate of drug-likeness (QED) is 0.819. The number of nitrogens with one attached hydrogen (secondary N) is 1. The molecular formula is C15H21NO. The van der Waals surface area contributed by atoms with Crippen LogP contribution in [0.15, 0.2) is 24.3 Å². The van der Waals surface area contributed by atoms with Crippen LogP contribution in [0.5, 0.6) is 0 Å². The summed E-state index contributed by atoms with van der Waals surface area (Å²) in [6.07, 6.45) is 5.20. The van der Waals surface area contributed by atoms with Crippen molar-refractivity contribution in [2.75, 3.05) is 0 Å². The third kappa shape index (κ3) is 1.90. The lowest BCUT2D eigenvalue weighted by Crippen LogP contribution is -2.47. The minimum atomic E-state index is -0.594. The zero-order valence-corrected chi connectivity index (χ0v) is 10.4. The van der Waals surface area contributed by atoms with Gasteiger partial charge in [0.1, 0.15) is 0 Å². The molecule has 2 unspecified atom stereocenters. The van der Waals surface area contributed by atoms with Gasteiger partial charge >= 0.3 is 0 Å². The lowest BCUT2D eigenvalue weighted by atomic mass is 9.79. The minimum Gasteiger partial charge on any atom is -0.385 e. The zero-order chi connectivity index (χ0) is 11.9. The molecule has 3 rings (SSSR count). The maximum absolute atomic E-state index is 11.0. The van der Waals surface area contributed by atoms with Crippen molar-refractivity contribution in [3.05, 3.63) is 35.4 Å². The monoisotopic (exact) mass is 231 g/mol. The lowest BCUT2D eigenvalue weighted by Gasteiger charge is -2.38. The van der Waals surface area contributed by atoms with E-state index < -0.39 is 5.60 Å². The third-order valence-corrected chi connectivity index (χ3v) is 4.40. The van der Waals surface area contributed by atoms with Gasteiger partial charge in [0, 0.05) is 12.1 Å². The van der Waals surface area contributed by atoms with Crippen LogP contribution >= 0.6 is 0 Å². The Kier molecular flexibility index (Phi) is 2.72. The number of fused-ring (bicyclic) bond motifs is 2. The van der Waals surface area contributed by atoms with E-state index in [-0.39, 0.29) is 0 Å². The molecule has 2 N–H and O–H groups in total. The highest BCUT2D eigenvalue weighted by Crippen LogP contribution is 2.41. The number of aryl methyl sites for hydroxylation is 1. The molecule has 2 atom stereocenters. The molecule has 2 aliphatic rings. The van der Waals surface area contributed by atoms with Gasteiger partial charge in [-0.2, -0.15) is 0 Å². The predicted molar refractivity (Wildman–Crippen MR) is 68.9 cm³/mol. The molecular weight excluding hydrogens is 210 g/mol. The summed E-state index contributed by atoms with van der Waals surface area (Å²) >= 11 is 0. The lowest BCUT2D eigenvalue weighted by molar-refractivity contribution is -0.0121. The van der Waals surface area contributed by atoms with Crippen molar-refractivity contribution < 1.29 is 5.11 Å². The maximum atomic E-state index is 11.0. The molecule has 0 radical (unpaired) electrons. The summed E-state index contributed by atoms with van der Waals surface area (Å²) in [6.45, 7) is 2.16. The van der Waals surface area contributed by atoms with Gasteiger partial charge in [-0.1, -0.05) is 31.2 Å². The first-order chi connectivity index (χ1) is 8.21. The second kappa shape index (κ2) is 4.11. The van der Waals surface area contributed by atoms with E-state index in [9.17, 15) is 5.11 Å². The Hall–Kier alpha value is -0.860. The van der Waals surface area contributed by atoms with Gasteiger partial charge in [0.25, 0.3) is 0 Å². The summed E-state index contributed by atoms with van der Waals surface area (Å²) in [5.74, 6) is 0. The van der Waals surface area contributed by atoms with Crippen LogP contribution in [0.1, 0.15) is 43.7 Å². The Morgan fingerprint density at radius 2 is 1.88 bits per heavy atom. The molecule has 2 heterocycles. The molecule has 92 valence electrons. The fraction of sp³-hybridized carbons (Fsp3) is 0.600. The summed E-state index contributed by atoms with van der Waals surface area (Å²) in [4.78, 5) is 0. The number of piperidine rings is 1. The molecule has 1 aromatic carbocycles. The van der Waals surface area contributed by atoms with Crippen molar-refractivity contribution in [1.82, 2.24) is 5.32 Å². The first-order valence-electron chi connectivity index (χ1n) is 6.78. The van der Waals surface area contributed by atoms with Crippen LogP contribution in [0.25, 0.3) is 0 Å². The molecule has 0 saturated carbocycles. The maximum Gasteiger partial charge on any atom is 0.0928 e. The molecule has 1 aromatic rings. The van der Waals surface area contributed by atoms with Gasteiger partial charge in [-0.25, -0.2) is 0 Å². The Morgan fingerprint density at radius 1 is 1.24 bits per heavy atom. The van der Waals surface area contributed by atoms with Gasteiger partial charge in [0.05, 0.1) is 5.60 Å². The number of rotatable bonds is 2. The SMILES string of the molecule is CCc1ccccc1C1(O)CC2CCC(C1)N2. The van der Waals surface area contributed by atoms with Crippen LogP contribution in [-0.4, -0.2) is 17.2 Å². The highest BCUT2D eigenvalue weighted by atomic mass is 16.3. The molecule has 2 aliphatic heterocycles. The molecule has 0 aromatic heterocycles. The fourth-order valence-electron chi connectivity index (χ4n) is 3.63. The second-order valence-electron chi connectivity index (χ2n) is 5.59. The van der Waals surface area contributed by atoms with Gasteiger partial charge in [-0.05, 0) is 43.2 Å². The van der Waals surface area contributed by atoms with Crippen molar-refractivity contribution >= 4 is 0 Å². The van der Waals surface area contributed by atoms with Crippen LogP contribution < -0.4 is 5.32 Å². The Labute approximate surface area is 103 Å². The molecule has 0 amide bonds. The number of hydrogen-bond acceptors (Lipinski definition) is 2. The van der Waals surface area contributed by atoms with Crippen LogP contribution in [0, 0.1) is 0 Å². The van der Waals surface area contributed by atoms with Crippen LogP contribution in [0.3, 0.4) is 0 Å². The smallest absolute Gasteiger partial charge is 0.0928 e. The van der Waals surface area contributed by atoms with E-state index in [1.807, 2.05) is 0 Å². The van der Waals surface area contributed by atoms with Crippen molar-refractivity contribution in [2.24, 2.45) is 0 Å². The first kappa shape index (κ1) is 11.2. The number of benzene rings is 1. The molecule has 2 saturated heterocycles. The highest BCUT2D eigenvalue weighted by Gasteiger charge is 2.43. The van der Waals surface area contributed by atoms with Crippen molar-refractivity contribution in [2.45, 2.75) is 56.7 Å². The summed E-state index contributed by atoms with van der Waals surface area (Å²) in [7, 11) is 0. The van der Waals surface area contributed by atoms with E-state index in [1.54, 1.807) is 0 Å². The minimum absolute atomic E-state index is 0.517. The van der Waals surface area contributed by atoms with E-state index in [1.165, 1.54) is 24.0 Å². The second-order valence-corrected chi connectivity index (χ2v) is 5.59. The topological polar surface area (TPSA) is 32.3 Å². The molecule has 2 fully saturated rings. The molecule has 2 bridgehead atoms. The zero-order valence-electron chi connectivity index (χ0n) is 10.4. The van der Waals surface area contributed by atoms with Gasteiger partial charge in [-0.3, -0.25) is 0 Å². The first-order valence-corrected chi connectivity index (χ1v) is 6.78. The Bertz CT molecular complexity index is 403. The molecule has 17 heavy (non-hydrogen) atoms.